The molecule has 2 N–H and O–H groups in total. The summed E-state index contributed by atoms with van der Waals surface area (Å²) in [4.78, 5) is 11.5. The van der Waals surface area contributed by atoms with Crippen LogP contribution in [0.1, 0.15) is 22.4 Å². The number of likely N-dealkylation sites (tertiary alicyclic amines) is 1. The van der Waals surface area contributed by atoms with E-state index in [1.165, 1.54) is 11.1 Å². The Morgan fingerprint density at radius 1 is 1.16 bits per heavy atom. The Hall–Kier alpha value is -2.87. The highest BCUT2D eigenvalue weighted by Crippen LogP contribution is 2.32. The number of anilines is 2. The summed E-state index contributed by atoms with van der Waals surface area (Å²) in [6.07, 6.45) is 5.87. The van der Waals surface area contributed by atoms with Gasteiger partial charge >= 0.3 is 0 Å². The Balaban J connectivity index is 1.42. The molecule has 1 fully saturated rings. The van der Waals surface area contributed by atoms with Crippen LogP contribution in [0.2, 0.25) is 5.02 Å². The molecule has 1 aromatic carbocycles. The van der Waals surface area contributed by atoms with Crippen LogP contribution < -0.4 is 5.32 Å². The zero-order chi connectivity index (χ0) is 22.6. The van der Waals surface area contributed by atoms with E-state index in [1.807, 2.05) is 39.2 Å². The van der Waals surface area contributed by atoms with Gasteiger partial charge in [0.2, 0.25) is 5.95 Å². The van der Waals surface area contributed by atoms with E-state index in [9.17, 15) is 5.11 Å². The first-order chi connectivity index (χ1) is 15.3. The SMILES string of the molecule is Cc1cn(-c2nc(Nc3ccc4c(c3)c(Cl)c(C)n4C)ncc2C)cc1CN1CC(O)C1. The Kier molecular flexibility index (Phi) is 5.20. The molecule has 5 rings (SSSR count). The van der Waals surface area contributed by atoms with Crippen molar-refractivity contribution in [3.8, 4) is 5.82 Å². The molecule has 7 nitrogen and oxygen atoms in total. The van der Waals surface area contributed by atoms with E-state index >= 15 is 0 Å². The Bertz CT molecular complexity index is 1320. The summed E-state index contributed by atoms with van der Waals surface area (Å²) in [6, 6.07) is 6.10. The molecular formula is C24H27ClN6O. The minimum Gasteiger partial charge on any atom is -0.390 e. The lowest BCUT2D eigenvalue weighted by molar-refractivity contribution is -0.00295. The molecule has 166 valence electrons. The molecule has 0 unspecified atom stereocenters. The van der Waals surface area contributed by atoms with E-state index in [-0.39, 0.29) is 6.10 Å². The number of aliphatic hydroxyl groups excluding tert-OH is 1. The Morgan fingerprint density at radius 2 is 1.94 bits per heavy atom. The van der Waals surface area contributed by atoms with Gasteiger partial charge in [0.15, 0.2) is 0 Å². The highest BCUT2D eigenvalue weighted by molar-refractivity contribution is 6.36. The predicted molar refractivity (Wildman–Crippen MR) is 128 cm³/mol. The minimum absolute atomic E-state index is 0.191. The van der Waals surface area contributed by atoms with E-state index in [2.05, 4.69) is 49.7 Å². The summed E-state index contributed by atoms with van der Waals surface area (Å²) in [5.41, 5.74) is 6.46. The van der Waals surface area contributed by atoms with Crippen LogP contribution in [0.25, 0.3) is 16.7 Å². The van der Waals surface area contributed by atoms with Crippen molar-refractivity contribution < 1.29 is 5.11 Å². The molecule has 4 aromatic rings. The van der Waals surface area contributed by atoms with E-state index in [0.29, 0.717) is 5.95 Å². The first kappa shape index (κ1) is 21.0. The van der Waals surface area contributed by atoms with Crippen LogP contribution in [-0.2, 0) is 13.6 Å². The third-order valence-corrected chi connectivity index (χ3v) is 6.80. The lowest BCUT2D eigenvalue weighted by Gasteiger charge is -2.35. The first-order valence-electron chi connectivity index (χ1n) is 10.7. The van der Waals surface area contributed by atoms with E-state index in [4.69, 9.17) is 16.6 Å². The molecule has 1 aliphatic rings. The summed E-state index contributed by atoms with van der Waals surface area (Å²) in [7, 11) is 2.02. The van der Waals surface area contributed by atoms with Crippen molar-refractivity contribution in [2.45, 2.75) is 33.4 Å². The maximum Gasteiger partial charge on any atom is 0.229 e. The van der Waals surface area contributed by atoms with Crippen molar-refractivity contribution in [2.24, 2.45) is 7.05 Å². The molecule has 8 heteroatoms. The summed E-state index contributed by atoms with van der Waals surface area (Å²) in [5, 5.41) is 14.6. The van der Waals surface area contributed by atoms with E-state index in [1.54, 1.807) is 0 Å². The topological polar surface area (TPSA) is 71.1 Å². The van der Waals surface area contributed by atoms with Gasteiger partial charge in [0.1, 0.15) is 5.82 Å². The predicted octanol–water partition coefficient (Wildman–Crippen LogP) is 4.26. The number of nitrogens with zero attached hydrogens (tertiary/aromatic N) is 5. The molecule has 0 bridgehead atoms. The number of nitrogens with one attached hydrogen (secondary N) is 1. The van der Waals surface area contributed by atoms with Crippen molar-refractivity contribution in [2.75, 3.05) is 18.4 Å². The van der Waals surface area contributed by atoms with Gasteiger partial charge in [-0.2, -0.15) is 4.98 Å². The zero-order valence-corrected chi connectivity index (χ0v) is 19.5. The fraction of sp³-hybridized carbons (Fsp3) is 0.333. The molecule has 0 atom stereocenters. The second-order valence-electron chi connectivity index (χ2n) is 8.74. The molecular weight excluding hydrogens is 424 g/mol. The van der Waals surface area contributed by atoms with Crippen LogP contribution in [0.5, 0.6) is 0 Å². The average molecular weight is 451 g/mol. The number of aliphatic hydroxyl groups is 1. The number of aryl methyl sites for hydroxylation is 3. The maximum atomic E-state index is 9.55. The van der Waals surface area contributed by atoms with Crippen molar-refractivity contribution in [3.63, 3.8) is 0 Å². The fourth-order valence-electron chi connectivity index (χ4n) is 4.29. The number of fused-ring (bicyclic) bond motifs is 1. The van der Waals surface area contributed by atoms with Crippen LogP contribution in [0.3, 0.4) is 0 Å². The van der Waals surface area contributed by atoms with Crippen LogP contribution >= 0.6 is 11.6 Å². The largest absolute Gasteiger partial charge is 0.390 e. The number of β-amino-alcohol motifs (C(OH)–C–C–N with tert-alkyl or cyclic N) is 1. The summed E-state index contributed by atoms with van der Waals surface area (Å²) >= 11 is 6.52. The average Bonchev–Trinajstić information content (AvgIpc) is 3.21. The maximum absolute atomic E-state index is 9.55. The van der Waals surface area contributed by atoms with Gasteiger partial charge in [-0.15, -0.1) is 0 Å². The van der Waals surface area contributed by atoms with Gasteiger partial charge < -0.3 is 19.6 Å². The third-order valence-electron chi connectivity index (χ3n) is 6.33. The number of hydrogen-bond acceptors (Lipinski definition) is 5. The van der Waals surface area contributed by atoms with Gasteiger partial charge in [-0.1, -0.05) is 11.6 Å². The number of aromatic nitrogens is 4. The molecule has 0 aliphatic carbocycles. The molecule has 0 amide bonds. The quantitative estimate of drug-likeness (QED) is 0.475. The third kappa shape index (κ3) is 3.66. The van der Waals surface area contributed by atoms with Crippen LogP contribution in [0.15, 0.2) is 36.8 Å². The van der Waals surface area contributed by atoms with Crippen LogP contribution in [0.4, 0.5) is 11.6 Å². The highest BCUT2D eigenvalue weighted by Gasteiger charge is 2.25. The summed E-state index contributed by atoms with van der Waals surface area (Å²) in [5.74, 6) is 1.38. The smallest absolute Gasteiger partial charge is 0.229 e. The van der Waals surface area contributed by atoms with Crippen LogP contribution in [-0.4, -0.2) is 48.3 Å². The van der Waals surface area contributed by atoms with Gasteiger partial charge in [-0.05, 0) is 50.1 Å². The van der Waals surface area contributed by atoms with E-state index in [0.717, 1.165) is 58.3 Å². The molecule has 1 saturated heterocycles. The van der Waals surface area contributed by atoms with Crippen molar-refractivity contribution in [1.82, 2.24) is 24.0 Å². The molecule has 0 saturated carbocycles. The van der Waals surface area contributed by atoms with Crippen molar-refractivity contribution >= 4 is 34.1 Å². The molecule has 32 heavy (non-hydrogen) atoms. The van der Waals surface area contributed by atoms with Crippen molar-refractivity contribution in [1.29, 1.82) is 0 Å². The number of benzene rings is 1. The second kappa shape index (κ2) is 7.92. The number of rotatable bonds is 5. The summed E-state index contributed by atoms with van der Waals surface area (Å²) in [6.45, 7) is 8.45. The molecule has 4 heterocycles. The molecule has 0 spiro atoms. The minimum atomic E-state index is -0.191. The zero-order valence-electron chi connectivity index (χ0n) is 18.7. The van der Waals surface area contributed by atoms with E-state index < -0.39 is 0 Å². The van der Waals surface area contributed by atoms with Crippen molar-refractivity contribution in [3.05, 3.63) is 64.2 Å². The Labute approximate surface area is 192 Å². The fourth-order valence-corrected chi connectivity index (χ4v) is 4.57. The van der Waals surface area contributed by atoms with Gasteiger partial charge in [-0.25, -0.2) is 4.98 Å². The normalized spacial score (nSPS) is 14.8. The second-order valence-corrected chi connectivity index (χ2v) is 9.12. The number of hydrogen-bond donors (Lipinski definition) is 2. The highest BCUT2D eigenvalue weighted by atomic mass is 35.5. The van der Waals surface area contributed by atoms with Gasteiger partial charge in [0.25, 0.3) is 0 Å². The standard InChI is InChI=1S/C24H27ClN6O/c1-14-8-26-24(27-18-5-6-21-20(7-18)22(25)16(3)29(21)4)28-23(14)31-9-15(2)17(11-31)10-30-12-19(32)13-30/h5-9,11,19,32H,10,12-13H2,1-4H3,(H,26,27,28). The number of halogens is 1. The lowest BCUT2D eigenvalue weighted by atomic mass is 10.1. The Morgan fingerprint density at radius 3 is 2.69 bits per heavy atom. The molecule has 3 aromatic heterocycles. The van der Waals surface area contributed by atoms with Gasteiger partial charge in [0.05, 0.1) is 11.1 Å². The van der Waals surface area contributed by atoms with Crippen LogP contribution in [0, 0.1) is 20.8 Å². The van der Waals surface area contributed by atoms with Gasteiger partial charge in [0, 0.05) is 73.1 Å². The lowest BCUT2D eigenvalue weighted by Crippen LogP contribution is -2.49. The first-order valence-corrected chi connectivity index (χ1v) is 11.1. The molecule has 1 aliphatic heterocycles. The van der Waals surface area contributed by atoms with Gasteiger partial charge in [-0.3, -0.25) is 4.90 Å². The summed E-state index contributed by atoms with van der Waals surface area (Å²) < 4.78 is 4.15. The monoisotopic (exact) mass is 450 g/mol. The molecule has 0 radical (unpaired) electrons.